The van der Waals surface area contributed by atoms with Crippen LogP contribution in [0, 0.1) is 0 Å². The van der Waals surface area contributed by atoms with Crippen molar-refractivity contribution in [2.75, 3.05) is 45.7 Å². The number of hydrogen-bond donors (Lipinski definition) is 2. The third-order valence-electron chi connectivity index (χ3n) is 2.95. The van der Waals surface area contributed by atoms with Crippen LogP contribution >= 0.6 is 0 Å². The van der Waals surface area contributed by atoms with Gasteiger partial charge in [-0.05, 0) is 58.3 Å². The molecule has 0 aliphatic rings. The average molecular weight is 293 g/mol. The first-order valence-corrected chi connectivity index (χ1v) is 7.50. The van der Waals surface area contributed by atoms with Gasteiger partial charge in [-0.25, -0.2) is 0 Å². The number of amides is 1. The van der Waals surface area contributed by atoms with Crippen molar-refractivity contribution in [2.24, 2.45) is 0 Å². The van der Waals surface area contributed by atoms with Gasteiger partial charge < -0.3 is 20.3 Å². The van der Waals surface area contributed by atoms with E-state index in [1.54, 1.807) is 0 Å². The van der Waals surface area contributed by atoms with Gasteiger partial charge in [0.25, 0.3) is 0 Å². The Morgan fingerprint density at radius 2 is 1.90 bits per heavy atom. The number of anilines is 1. The maximum absolute atomic E-state index is 11.6. The van der Waals surface area contributed by atoms with Crippen LogP contribution in [0.25, 0.3) is 0 Å². The summed E-state index contributed by atoms with van der Waals surface area (Å²) in [4.78, 5) is 13.7. The van der Waals surface area contributed by atoms with E-state index in [0.717, 1.165) is 30.9 Å². The lowest BCUT2D eigenvalue weighted by Gasteiger charge is -2.10. The molecular formula is C16H27N3O2. The highest BCUT2D eigenvalue weighted by molar-refractivity contribution is 5.76. The number of nitrogens with zero attached hydrogens (tertiary/aromatic N) is 1. The molecule has 0 atom stereocenters. The molecule has 5 nitrogen and oxygen atoms in total. The van der Waals surface area contributed by atoms with Gasteiger partial charge in [-0.1, -0.05) is 0 Å². The van der Waals surface area contributed by atoms with Crippen LogP contribution < -0.4 is 15.4 Å². The van der Waals surface area contributed by atoms with Crippen LogP contribution in [-0.2, 0) is 4.79 Å². The average Bonchev–Trinajstić information content (AvgIpc) is 2.46. The van der Waals surface area contributed by atoms with Crippen LogP contribution in [0.4, 0.5) is 5.69 Å². The third-order valence-corrected chi connectivity index (χ3v) is 2.95. The second-order valence-electron chi connectivity index (χ2n) is 5.14. The summed E-state index contributed by atoms with van der Waals surface area (Å²) >= 11 is 0. The fraction of sp³-hybridized carbons (Fsp3) is 0.562. The number of ether oxygens (including phenoxy) is 1. The quantitative estimate of drug-likeness (QED) is 0.648. The molecule has 1 aromatic rings. The van der Waals surface area contributed by atoms with Gasteiger partial charge in [0.1, 0.15) is 5.75 Å². The maximum atomic E-state index is 11.6. The molecule has 118 valence electrons. The van der Waals surface area contributed by atoms with E-state index in [2.05, 4.69) is 15.5 Å². The van der Waals surface area contributed by atoms with Gasteiger partial charge in [0, 0.05) is 25.2 Å². The molecule has 0 bridgehead atoms. The highest BCUT2D eigenvalue weighted by atomic mass is 16.5. The van der Waals surface area contributed by atoms with E-state index in [1.165, 1.54) is 0 Å². The van der Waals surface area contributed by atoms with Crippen molar-refractivity contribution in [3.63, 3.8) is 0 Å². The van der Waals surface area contributed by atoms with Crippen LogP contribution in [0.3, 0.4) is 0 Å². The Labute approximate surface area is 127 Å². The third kappa shape index (κ3) is 8.19. The van der Waals surface area contributed by atoms with Crippen molar-refractivity contribution < 1.29 is 9.53 Å². The molecule has 0 heterocycles. The molecule has 0 saturated carbocycles. The Morgan fingerprint density at radius 3 is 2.52 bits per heavy atom. The Hall–Kier alpha value is -1.75. The van der Waals surface area contributed by atoms with E-state index in [1.807, 2.05) is 45.3 Å². The Kier molecular flexibility index (Phi) is 8.28. The number of carbonyl (C=O) groups is 1. The van der Waals surface area contributed by atoms with Crippen LogP contribution in [0.5, 0.6) is 5.75 Å². The minimum atomic E-state index is 0.0900. The zero-order chi connectivity index (χ0) is 15.5. The van der Waals surface area contributed by atoms with Crippen molar-refractivity contribution in [3.8, 4) is 5.75 Å². The number of hydrogen-bond acceptors (Lipinski definition) is 4. The van der Waals surface area contributed by atoms with E-state index in [-0.39, 0.29) is 5.91 Å². The molecule has 0 spiro atoms. The number of rotatable bonds is 10. The topological polar surface area (TPSA) is 53.6 Å². The molecule has 0 fully saturated rings. The number of nitrogens with one attached hydrogen (secondary N) is 2. The van der Waals surface area contributed by atoms with Crippen molar-refractivity contribution >= 4 is 11.6 Å². The zero-order valence-corrected chi connectivity index (χ0v) is 13.3. The summed E-state index contributed by atoms with van der Waals surface area (Å²) in [6.45, 7) is 4.99. The molecule has 1 aromatic carbocycles. The van der Waals surface area contributed by atoms with Crippen molar-refractivity contribution in [3.05, 3.63) is 24.3 Å². The minimum absolute atomic E-state index is 0.0900. The predicted octanol–water partition coefficient (Wildman–Crippen LogP) is 1.96. The fourth-order valence-electron chi connectivity index (χ4n) is 1.87. The molecule has 0 aliphatic carbocycles. The molecule has 2 N–H and O–H groups in total. The molecule has 0 radical (unpaired) electrons. The SMILES string of the molecule is CCOc1ccc(NCCC(=O)NCCCN(C)C)cc1. The first kappa shape index (κ1) is 17.3. The Bertz CT molecular complexity index is 404. The standard InChI is InChI=1S/C16H27N3O2/c1-4-21-15-8-6-14(7-9-15)17-12-10-16(20)18-11-5-13-19(2)3/h6-9,17H,4-5,10-13H2,1-3H3,(H,18,20). The zero-order valence-electron chi connectivity index (χ0n) is 13.3. The predicted molar refractivity (Wildman–Crippen MR) is 86.9 cm³/mol. The molecular weight excluding hydrogens is 266 g/mol. The first-order chi connectivity index (χ1) is 10.1. The van der Waals surface area contributed by atoms with Gasteiger partial charge in [0.15, 0.2) is 0 Å². The van der Waals surface area contributed by atoms with Crippen molar-refractivity contribution in [2.45, 2.75) is 19.8 Å². The van der Waals surface area contributed by atoms with E-state index >= 15 is 0 Å². The number of benzene rings is 1. The highest BCUT2D eigenvalue weighted by Gasteiger charge is 2.01. The summed E-state index contributed by atoms with van der Waals surface area (Å²) in [6, 6.07) is 7.76. The summed E-state index contributed by atoms with van der Waals surface area (Å²) in [5, 5.41) is 6.15. The van der Waals surface area contributed by atoms with Crippen LogP contribution in [0.2, 0.25) is 0 Å². The lowest BCUT2D eigenvalue weighted by atomic mass is 10.3. The minimum Gasteiger partial charge on any atom is -0.494 e. The Morgan fingerprint density at radius 1 is 1.19 bits per heavy atom. The molecule has 21 heavy (non-hydrogen) atoms. The largest absolute Gasteiger partial charge is 0.494 e. The van der Waals surface area contributed by atoms with Gasteiger partial charge in [-0.3, -0.25) is 4.79 Å². The van der Waals surface area contributed by atoms with E-state index in [9.17, 15) is 4.79 Å². The number of carbonyl (C=O) groups excluding carboxylic acids is 1. The van der Waals surface area contributed by atoms with Crippen LogP contribution in [-0.4, -0.2) is 51.1 Å². The molecule has 0 unspecified atom stereocenters. The molecule has 1 rings (SSSR count). The van der Waals surface area contributed by atoms with Gasteiger partial charge in [0.05, 0.1) is 6.61 Å². The summed E-state index contributed by atoms with van der Waals surface area (Å²) in [5.41, 5.74) is 0.999. The first-order valence-electron chi connectivity index (χ1n) is 7.50. The molecule has 5 heteroatoms. The van der Waals surface area contributed by atoms with Gasteiger partial charge in [-0.15, -0.1) is 0 Å². The molecule has 0 aromatic heterocycles. The lowest BCUT2D eigenvalue weighted by Crippen LogP contribution is -2.28. The summed E-state index contributed by atoms with van der Waals surface area (Å²) in [5.74, 6) is 0.953. The fourth-order valence-corrected chi connectivity index (χ4v) is 1.87. The van der Waals surface area contributed by atoms with E-state index < -0.39 is 0 Å². The van der Waals surface area contributed by atoms with Crippen LogP contribution in [0.15, 0.2) is 24.3 Å². The summed E-state index contributed by atoms with van der Waals surface area (Å²) < 4.78 is 5.38. The van der Waals surface area contributed by atoms with Crippen LogP contribution in [0.1, 0.15) is 19.8 Å². The van der Waals surface area contributed by atoms with E-state index in [0.29, 0.717) is 19.6 Å². The van der Waals surface area contributed by atoms with E-state index in [4.69, 9.17) is 4.74 Å². The molecule has 0 saturated heterocycles. The summed E-state index contributed by atoms with van der Waals surface area (Å²) in [7, 11) is 4.06. The summed E-state index contributed by atoms with van der Waals surface area (Å²) in [6.07, 6.45) is 1.46. The normalized spacial score (nSPS) is 10.5. The second-order valence-corrected chi connectivity index (χ2v) is 5.14. The second kappa shape index (κ2) is 10.0. The van der Waals surface area contributed by atoms with Gasteiger partial charge >= 0.3 is 0 Å². The van der Waals surface area contributed by atoms with Crippen molar-refractivity contribution in [1.29, 1.82) is 0 Å². The highest BCUT2D eigenvalue weighted by Crippen LogP contribution is 2.15. The monoisotopic (exact) mass is 293 g/mol. The smallest absolute Gasteiger partial charge is 0.221 e. The maximum Gasteiger partial charge on any atom is 0.221 e. The molecule has 0 aliphatic heterocycles. The van der Waals surface area contributed by atoms with Gasteiger partial charge in [-0.2, -0.15) is 0 Å². The molecule has 1 amide bonds. The lowest BCUT2D eigenvalue weighted by molar-refractivity contribution is -0.120. The Balaban J connectivity index is 2.13. The van der Waals surface area contributed by atoms with Crippen molar-refractivity contribution in [1.82, 2.24) is 10.2 Å². The van der Waals surface area contributed by atoms with Gasteiger partial charge in [0.2, 0.25) is 5.91 Å².